The number of allylic oxidation sites excluding steroid dienone is 9. The number of aliphatic hydroxyl groups is 2. The summed E-state index contributed by atoms with van der Waals surface area (Å²) in [6.45, 7) is 4.20. The molecular weight excluding hydrogens is 651 g/mol. The summed E-state index contributed by atoms with van der Waals surface area (Å²) in [6, 6.07) is -0.629. The molecule has 0 saturated heterocycles. The van der Waals surface area contributed by atoms with Crippen molar-refractivity contribution in [2.24, 2.45) is 0 Å². The van der Waals surface area contributed by atoms with Crippen LogP contribution in [0.3, 0.4) is 0 Å². The second kappa shape index (κ2) is 44.5. The molecule has 53 heavy (non-hydrogen) atoms. The molecule has 0 aromatic heterocycles. The van der Waals surface area contributed by atoms with Gasteiger partial charge in [0.2, 0.25) is 5.91 Å². The van der Waals surface area contributed by atoms with Crippen LogP contribution in [-0.2, 0) is 4.79 Å². The fourth-order valence-corrected chi connectivity index (χ4v) is 6.76. The van der Waals surface area contributed by atoms with Crippen LogP contribution in [0.1, 0.15) is 226 Å². The van der Waals surface area contributed by atoms with E-state index in [1.165, 1.54) is 154 Å². The largest absolute Gasteiger partial charge is 0.394 e. The lowest BCUT2D eigenvalue weighted by Crippen LogP contribution is -2.45. The molecule has 3 N–H and O–H groups in total. The first-order chi connectivity index (χ1) is 26.2. The molecular formula is C49H89NO3. The van der Waals surface area contributed by atoms with E-state index in [0.29, 0.717) is 6.42 Å². The molecule has 308 valence electrons. The number of amides is 1. The molecule has 4 nitrogen and oxygen atoms in total. The Morgan fingerprint density at radius 3 is 1.25 bits per heavy atom. The van der Waals surface area contributed by atoms with Gasteiger partial charge in [-0.15, -0.1) is 0 Å². The van der Waals surface area contributed by atoms with Crippen molar-refractivity contribution < 1.29 is 15.0 Å². The van der Waals surface area contributed by atoms with Crippen LogP contribution < -0.4 is 5.32 Å². The van der Waals surface area contributed by atoms with Crippen molar-refractivity contribution >= 4 is 5.91 Å². The predicted octanol–water partition coefficient (Wildman–Crippen LogP) is 14.5. The third-order valence-corrected chi connectivity index (χ3v) is 10.3. The van der Waals surface area contributed by atoms with E-state index in [1.807, 2.05) is 6.08 Å². The Bertz CT molecular complexity index is 888. The van der Waals surface area contributed by atoms with Gasteiger partial charge in [0.15, 0.2) is 0 Å². The van der Waals surface area contributed by atoms with Crippen LogP contribution in [0.5, 0.6) is 0 Å². The van der Waals surface area contributed by atoms with Gasteiger partial charge in [-0.1, -0.05) is 222 Å². The number of hydrogen-bond acceptors (Lipinski definition) is 3. The van der Waals surface area contributed by atoms with Crippen LogP contribution in [-0.4, -0.2) is 34.9 Å². The van der Waals surface area contributed by atoms with Crippen LogP contribution in [0.15, 0.2) is 60.8 Å². The normalized spacial score (nSPS) is 13.5. The first kappa shape index (κ1) is 51.1. The van der Waals surface area contributed by atoms with Crippen LogP contribution in [0.25, 0.3) is 0 Å². The summed E-state index contributed by atoms with van der Waals surface area (Å²) in [4.78, 5) is 12.4. The van der Waals surface area contributed by atoms with Crippen molar-refractivity contribution in [2.75, 3.05) is 6.61 Å². The molecule has 0 aromatic carbocycles. The molecule has 2 unspecified atom stereocenters. The van der Waals surface area contributed by atoms with Gasteiger partial charge in [0.1, 0.15) is 0 Å². The highest BCUT2D eigenvalue weighted by Gasteiger charge is 2.17. The summed E-state index contributed by atoms with van der Waals surface area (Å²) >= 11 is 0. The monoisotopic (exact) mass is 740 g/mol. The topological polar surface area (TPSA) is 69.6 Å². The Kier molecular flexibility index (Phi) is 42.9. The van der Waals surface area contributed by atoms with Gasteiger partial charge in [-0.3, -0.25) is 4.79 Å². The Hall–Kier alpha value is -1.91. The first-order valence-electron chi connectivity index (χ1n) is 23.0. The van der Waals surface area contributed by atoms with Crippen LogP contribution in [0.4, 0.5) is 0 Å². The van der Waals surface area contributed by atoms with Gasteiger partial charge >= 0.3 is 0 Å². The lowest BCUT2D eigenvalue weighted by Gasteiger charge is -2.20. The Morgan fingerprint density at radius 2 is 0.830 bits per heavy atom. The maximum atomic E-state index is 12.4. The SMILES string of the molecule is CC/C=C\C/C=C\C/C=C\C/C=C\CCCCCCCCCCC(=O)NC(CO)C(O)/C=C/CCCCCCCCCCCCCCCCCCCC. The Balaban J connectivity index is 3.59. The van der Waals surface area contributed by atoms with Gasteiger partial charge < -0.3 is 15.5 Å². The third-order valence-electron chi connectivity index (χ3n) is 10.3. The average molecular weight is 740 g/mol. The van der Waals surface area contributed by atoms with Crippen molar-refractivity contribution in [1.82, 2.24) is 5.32 Å². The highest BCUT2D eigenvalue weighted by atomic mass is 16.3. The van der Waals surface area contributed by atoms with Crippen molar-refractivity contribution in [3.63, 3.8) is 0 Å². The number of unbranched alkanes of at least 4 members (excludes halogenated alkanes) is 26. The number of nitrogens with one attached hydrogen (secondary N) is 1. The molecule has 0 heterocycles. The molecule has 0 aliphatic carbocycles. The van der Waals surface area contributed by atoms with E-state index in [9.17, 15) is 15.0 Å². The van der Waals surface area contributed by atoms with Gasteiger partial charge in [0.25, 0.3) is 0 Å². The summed E-state index contributed by atoms with van der Waals surface area (Å²) in [7, 11) is 0. The van der Waals surface area contributed by atoms with Gasteiger partial charge in [-0.05, 0) is 57.8 Å². The second-order valence-electron chi connectivity index (χ2n) is 15.4. The Morgan fingerprint density at radius 1 is 0.472 bits per heavy atom. The minimum Gasteiger partial charge on any atom is -0.394 e. The molecule has 1 amide bonds. The lowest BCUT2D eigenvalue weighted by molar-refractivity contribution is -0.123. The van der Waals surface area contributed by atoms with Crippen molar-refractivity contribution in [2.45, 2.75) is 238 Å². The third kappa shape index (κ3) is 41.1. The van der Waals surface area contributed by atoms with E-state index in [-0.39, 0.29) is 12.5 Å². The maximum absolute atomic E-state index is 12.4. The number of rotatable bonds is 41. The molecule has 0 spiro atoms. The van der Waals surface area contributed by atoms with E-state index in [0.717, 1.165) is 51.4 Å². The molecule has 2 atom stereocenters. The van der Waals surface area contributed by atoms with E-state index in [4.69, 9.17) is 0 Å². The Labute approximate surface area is 330 Å². The van der Waals surface area contributed by atoms with E-state index in [2.05, 4.69) is 67.8 Å². The average Bonchev–Trinajstić information content (AvgIpc) is 3.16. The smallest absolute Gasteiger partial charge is 0.220 e. The fourth-order valence-electron chi connectivity index (χ4n) is 6.76. The molecule has 4 heteroatoms. The summed E-state index contributed by atoms with van der Waals surface area (Å²) in [5.41, 5.74) is 0. The van der Waals surface area contributed by atoms with Crippen LogP contribution in [0.2, 0.25) is 0 Å². The summed E-state index contributed by atoms with van der Waals surface area (Å²) < 4.78 is 0. The van der Waals surface area contributed by atoms with E-state index < -0.39 is 12.1 Å². The van der Waals surface area contributed by atoms with Crippen molar-refractivity contribution in [1.29, 1.82) is 0 Å². The molecule has 0 bridgehead atoms. The summed E-state index contributed by atoms with van der Waals surface area (Å²) in [5.74, 6) is -0.0733. The molecule has 0 fully saturated rings. The minimum atomic E-state index is -0.845. The van der Waals surface area contributed by atoms with Crippen molar-refractivity contribution in [3.05, 3.63) is 60.8 Å². The van der Waals surface area contributed by atoms with Gasteiger partial charge in [-0.2, -0.15) is 0 Å². The van der Waals surface area contributed by atoms with Gasteiger partial charge in [0, 0.05) is 6.42 Å². The zero-order chi connectivity index (χ0) is 38.6. The molecule has 0 rings (SSSR count). The lowest BCUT2D eigenvalue weighted by atomic mass is 10.0. The number of hydrogen-bond donors (Lipinski definition) is 3. The molecule has 0 aliphatic rings. The summed E-state index contributed by atoms with van der Waals surface area (Å²) in [5, 5.41) is 23.1. The van der Waals surface area contributed by atoms with Gasteiger partial charge in [-0.25, -0.2) is 0 Å². The second-order valence-corrected chi connectivity index (χ2v) is 15.4. The fraction of sp³-hybridized carbons (Fsp3) is 0.776. The van der Waals surface area contributed by atoms with Crippen LogP contribution >= 0.6 is 0 Å². The number of aliphatic hydroxyl groups excluding tert-OH is 2. The van der Waals surface area contributed by atoms with Crippen LogP contribution in [0, 0.1) is 0 Å². The number of carbonyl (C=O) groups is 1. The summed E-state index contributed by atoms with van der Waals surface area (Å²) in [6.07, 6.45) is 61.9. The number of carbonyl (C=O) groups excluding carboxylic acids is 1. The maximum Gasteiger partial charge on any atom is 0.220 e. The predicted molar refractivity (Wildman–Crippen MR) is 234 cm³/mol. The molecule has 0 saturated carbocycles. The molecule has 0 radical (unpaired) electrons. The zero-order valence-electron chi connectivity index (χ0n) is 35.3. The van der Waals surface area contributed by atoms with E-state index in [1.54, 1.807) is 6.08 Å². The quantitative estimate of drug-likeness (QED) is 0.0432. The zero-order valence-corrected chi connectivity index (χ0v) is 35.3. The van der Waals surface area contributed by atoms with E-state index >= 15 is 0 Å². The standard InChI is InChI=1S/C49H89NO3/c1-3-5-7-9-11-13-15-17-19-21-23-25-27-29-31-33-35-37-39-41-43-45-49(53)50-47(46-51)48(52)44-42-40-38-36-34-32-30-28-26-24-22-20-18-16-14-12-10-8-6-4-2/h5,7,11,13,17,19,23,25,42,44,47-48,51-52H,3-4,6,8-10,12,14-16,18,20-22,24,26-41,43,45-46H2,1-2H3,(H,50,53)/b7-5-,13-11-,19-17-,25-23-,44-42+. The molecule has 0 aromatic rings. The minimum absolute atomic E-state index is 0.0733. The van der Waals surface area contributed by atoms with Crippen molar-refractivity contribution in [3.8, 4) is 0 Å². The highest BCUT2D eigenvalue weighted by molar-refractivity contribution is 5.76. The highest BCUT2D eigenvalue weighted by Crippen LogP contribution is 2.15. The molecule has 0 aliphatic heterocycles. The first-order valence-corrected chi connectivity index (χ1v) is 23.0. The van der Waals surface area contributed by atoms with Gasteiger partial charge in [0.05, 0.1) is 18.8 Å².